The van der Waals surface area contributed by atoms with Crippen LogP contribution in [-0.2, 0) is 25.4 Å². The Labute approximate surface area is 130 Å². The molecule has 1 saturated heterocycles. The van der Waals surface area contributed by atoms with E-state index in [2.05, 4.69) is 4.98 Å². The maximum atomic E-state index is 12.4. The van der Waals surface area contributed by atoms with Crippen LogP contribution in [0.3, 0.4) is 0 Å². The van der Waals surface area contributed by atoms with Crippen LogP contribution in [0.25, 0.3) is 11.2 Å². The number of hydrogen-bond donors (Lipinski definition) is 0. The van der Waals surface area contributed by atoms with Gasteiger partial charge in [-0.15, -0.1) is 11.8 Å². The number of imidazole rings is 1. The Morgan fingerprint density at radius 3 is 2.77 bits per heavy atom. The summed E-state index contributed by atoms with van der Waals surface area (Å²) in [5, 5.41) is -0.0168. The van der Waals surface area contributed by atoms with Gasteiger partial charge >= 0.3 is 5.69 Å². The molecule has 1 aliphatic rings. The van der Waals surface area contributed by atoms with Crippen LogP contribution in [0.15, 0.2) is 15.9 Å². The maximum absolute atomic E-state index is 12.4. The molecule has 0 aromatic carbocycles. The van der Waals surface area contributed by atoms with Gasteiger partial charge in [-0.05, 0) is 0 Å². The van der Waals surface area contributed by atoms with E-state index in [1.165, 1.54) is 11.6 Å². The molecule has 0 bridgehead atoms. The summed E-state index contributed by atoms with van der Waals surface area (Å²) in [5.41, 5.74) is -0.0117. The van der Waals surface area contributed by atoms with Crippen LogP contribution in [0.2, 0.25) is 0 Å². The van der Waals surface area contributed by atoms with Gasteiger partial charge in [-0.25, -0.2) is 9.78 Å². The number of thioether (sulfide) groups is 1. The third-order valence-corrected chi connectivity index (χ3v) is 5.17. The van der Waals surface area contributed by atoms with Crippen molar-refractivity contribution < 1.29 is 4.79 Å². The van der Waals surface area contributed by atoms with Gasteiger partial charge in [0, 0.05) is 33.3 Å². The molecule has 1 atom stereocenters. The van der Waals surface area contributed by atoms with Crippen LogP contribution >= 0.6 is 11.8 Å². The molecule has 3 rings (SSSR count). The van der Waals surface area contributed by atoms with Gasteiger partial charge in [-0.1, -0.05) is 0 Å². The second kappa shape index (κ2) is 5.31. The van der Waals surface area contributed by atoms with E-state index >= 15 is 0 Å². The van der Waals surface area contributed by atoms with Crippen LogP contribution in [0, 0.1) is 0 Å². The van der Waals surface area contributed by atoms with Crippen LogP contribution < -0.4 is 11.2 Å². The molecule has 3 heterocycles. The van der Waals surface area contributed by atoms with Gasteiger partial charge in [-0.3, -0.25) is 18.7 Å². The van der Waals surface area contributed by atoms with Crippen LogP contribution in [-0.4, -0.2) is 47.2 Å². The lowest BCUT2D eigenvalue weighted by molar-refractivity contribution is -0.129. The Hall–Kier alpha value is -2.03. The first kappa shape index (κ1) is 14.9. The van der Waals surface area contributed by atoms with Crippen LogP contribution in [0.5, 0.6) is 0 Å². The van der Waals surface area contributed by atoms with Crippen LogP contribution in [0.1, 0.15) is 6.92 Å². The quantitative estimate of drug-likeness (QED) is 0.734. The van der Waals surface area contributed by atoms with Gasteiger partial charge in [-0.2, -0.15) is 0 Å². The minimum Gasteiger partial charge on any atom is -0.328 e. The molecule has 22 heavy (non-hydrogen) atoms. The van der Waals surface area contributed by atoms with E-state index in [1.807, 2.05) is 0 Å². The molecule has 118 valence electrons. The third-order valence-electron chi connectivity index (χ3n) is 3.96. The van der Waals surface area contributed by atoms with Crippen molar-refractivity contribution in [2.45, 2.75) is 18.8 Å². The molecule has 1 fully saturated rings. The number of fused-ring (bicyclic) bond motifs is 1. The Bertz CT molecular complexity index is 865. The van der Waals surface area contributed by atoms with Crippen molar-refractivity contribution in [3.63, 3.8) is 0 Å². The second-order valence-corrected chi connectivity index (χ2v) is 6.60. The lowest BCUT2D eigenvalue weighted by Crippen LogP contribution is -2.39. The summed E-state index contributed by atoms with van der Waals surface area (Å²) in [7, 11) is 3.04. The lowest BCUT2D eigenvalue weighted by atomic mass is 10.4. The van der Waals surface area contributed by atoms with Gasteiger partial charge in [0.25, 0.3) is 5.56 Å². The first-order chi connectivity index (χ1) is 10.4. The average molecular weight is 323 g/mol. The summed E-state index contributed by atoms with van der Waals surface area (Å²) in [6.45, 7) is 2.75. The van der Waals surface area contributed by atoms with E-state index in [-0.39, 0.29) is 16.8 Å². The summed E-state index contributed by atoms with van der Waals surface area (Å²) < 4.78 is 4.17. The van der Waals surface area contributed by atoms with E-state index < -0.39 is 5.69 Å². The predicted octanol–water partition coefficient (Wildman–Crippen LogP) is -0.645. The minimum atomic E-state index is -0.400. The number of carbonyl (C=O) groups excluding carboxylic acids is 1. The Balaban J connectivity index is 2.08. The average Bonchev–Trinajstić information content (AvgIpc) is 3.10. The molecule has 1 unspecified atom stereocenters. The molecule has 2 aromatic rings. The van der Waals surface area contributed by atoms with E-state index in [9.17, 15) is 14.4 Å². The van der Waals surface area contributed by atoms with Crippen molar-refractivity contribution in [2.75, 3.05) is 12.3 Å². The molecule has 0 radical (unpaired) electrons. The fourth-order valence-electron chi connectivity index (χ4n) is 2.74. The highest BCUT2D eigenvalue weighted by Crippen LogP contribution is 2.25. The molecule has 2 aromatic heterocycles. The number of rotatable bonds is 2. The van der Waals surface area contributed by atoms with Gasteiger partial charge in [0.1, 0.15) is 0 Å². The Morgan fingerprint density at radius 1 is 1.36 bits per heavy atom. The number of hydrogen-bond acceptors (Lipinski definition) is 5. The highest BCUT2D eigenvalue weighted by atomic mass is 32.2. The summed E-state index contributed by atoms with van der Waals surface area (Å²) in [6.07, 6.45) is 1.56. The van der Waals surface area contributed by atoms with Crippen molar-refractivity contribution in [3.8, 4) is 0 Å². The second-order valence-electron chi connectivity index (χ2n) is 5.31. The molecular formula is C13H17N5O3S. The van der Waals surface area contributed by atoms with Gasteiger partial charge < -0.3 is 9.47 Å². The smallest absolute Gasteiger partial charge is 0.328 e. The predicted molar refractivity (Wildman–Crippen MR) is 83.8 cm³/mol. The van der Waals surface area contributed by atoms with E-state index in [4.69, 9.17) is 0 Å². The van der Waals surface area contributed by atoms with Crippen molar-refractivity contribution in [2.24, 2.45) is 14.1 Å². The molecule has 1 amide bonds. The lowest BCUT2D eigenvalue weighted by Gasteiger charge is -2.22. The summed E-state index contributed by atoms with van der Waals surface area (Å²) in [4.78, 5) is 41.9. The van der Waals surface area contributed by atoms with Crippen molar-refractivity contribution in [1.29, 1.82) is 0 Å². The van der Waals surface area contributed by atoms with Crippen molar-refractivity contribution >= 4 is 28.8 Å². The summed E-state index contributed by atoms with van der Waals surface area (Å²) >= 11 is 1.68. The molecule has 1 aliphatic heterocycles. The first-order valence-corrected chi connectivity index (χ1v) is 7.96. The maximum Gasteiger partial charge on any atom is 0.332 e. The molecule has 8 nitrogen and oxygen atoms in total. The highest BCUT2D eigenvalue weighted by Gasteiger charge is 2.28. The number of amides is 1. The number of carbonyl (C=O) groups is 1. The summed E-state index contributed by atoms with van der Waals surface area (Å²) in [6, 6.07) is 0. The molecule has 0 N–H and O–H groups in total. The number of aryl methyl sites for hydroxylation is 1. The SMILES string of the molecule is CC(=O)N1CCSC1Cn1cnc2c1c(=O)n(C)c(=O)n2C. The standard InChI is InChI=1S/C13H17N5O3S/c1-8(19)18-4-5-22-9(18)6-17-7-14-11-10(17)12(20)16(3)13(21)15(11)2/h7,9H,4-6H2,1-3H3. The molecule has 0 spiro atoms. The number of nitrogens with zero attached hydrogens (tertiary/aromatic N) is 5. The van der Waals surface area contributed by atoms with E-state index in [1.54, 1.807) is 41.5 Å². The zero-order chi connectivity index (χ0) is 16.0. The number of aromatic nitrogens is 4. The minimum absolute atomic E-state index is 0.0168. The zero-order valence-corrected chi connectivity index (χ0v) is 13.5. The van der Waals surface area contributed by atoms with Crippen LogP contribution in [0.4, 0.5) is 0 Å². The van der Waals surface area contributed by atoms with Gasteiger partial charge in [0.2, 0.25) is 5.91 Å². The topological polar surface area (TPSA) is 82.1 Å². The van der Waals surface area contributed by atoms with Gasteiger partial charge in [0.05, 0.1) is 18.2 Å². The fraction of sp³-hybridized carbons (Fsp3) is 0.538. The molecular weight excluding hydrogens is 306 g/mol. The fourth-order valence-corrected chi connectivity index (χ4v) is 4.01. The Kier molecular flexibility index (Phi) is 3.59. The Morgan fingerprint density at radius 2 is 2.09 bits per heavy atom. The highest BCUT2D eigenvalue weighted by molar-refractivity contribution is 8.00. The van der Waals surface area contributed by atoms with E-state index in [0.29, 0.717) is 24.3 Å². The van der Waals surface area contributed by atoms with Gasteiger partial charge in [0.15, 0.2) is 11.2 Å². The first-order valence-electron chi connectivity index (χ1n) is 6.91. The van der Waals surface area contributed by atoms with Crippen molar-refractivity contribution in [3.05, 3.63) is 27.2 Å². The monoisotopic (exact) mass is 323 g/mol. The normalized spacial score (nSPS) is 18.3. The third kappa shape index (κ3) is 2.16. The van der Waals surface area contributed by atoms with Crippen molar-refractivity contribution in [1.82, 2.24) is 23.6 Å². The molecule has 0 saturated carbocycles. The molecule has 9 heteroatoms. The zero-order valence-electron chi connectivity index (χ0n) is 12.6. The summed E-state index contributed by atoms with van der Waals surface area (Å²) in [5.74, 6) is 0.910. The van der Waals surface area contributed by atoms with E-state index in [0.717, 1.165) is 10.3 Å². The largest absolute Gasteiger partial charge is 0.332 e. The molecule has 0 aliphatic carbocycles.